The van der Waals surface area contributed by atoms with Crippen LogP contribution in [-0.2, 0) is 10.2 Å². The monoisotopic (exact) mass is 303 g/mol. The Kier molecular flexibility index (Phi) is 6.26. The topological polar surface area (TPSA) is 61.4 Å². The summed E-state index contributed by atoms with van der Waals surface area (Å²) in [5.41, 5.74) is 0. The van der Waals surface area contributed by atoms with Crippen LogP contribution in [0.2, 0.25) is 0 Å². The van der Waals surface area contributed by atoms with Gasteiger partial charge < -0.3 is 5.32 Å². The zero-order valence-electron chi connectivity index (χ0n) is 12.6. The first-order valence-electron chi connectivity index (χ1n) is 8.10. The van der Waals surface area contributed by atoms with E-state index in [1.54, 1.807) is 4.31 Å². The molecule has 0 aromatic heterocycles. The molecular formula is C14H29N3O2S. The highest BCUT2D eigenvalue weighted by Crippen LogP contribution is 2.22. The molecule has 0 radical (unpaired) electrons. The van der Waals surface area contributed by atoms with E-state index in [4.69, 9.17) is 0 Å². The van der Waals surface area contributed by atoms with Crippen molar-refractivity contribution in [2.75, 3.05) is 26.2 Å². The molecule has 0 aromatic carbocycles. The fourth-order valence-corrected chi connectivity index (χ4v) is 4.81. The summed E-state index contributed by atoms with van der Waals surface area (Å²) in [6.07, 6.45) is 7.52. The van der Waals surface area contributed by atoms with E-state index in [2.05, 4.69) is 17.0 Å². The van der Waals surface area contributed by atoms with Crippen molar-refractivity contribution in [3.63, 3.8) is 0 Å². The van der Waals surface area contributed by atoms with Gasteiger partial charge in [-0.15, -0.1) is 0 Å². The molecule has 118 valence electrons. The van der Waals surface area contributed by atoms with Gasteiger partial charge in [0.15, 0.2) is 0 Å². The molecule has 1 atom stereocenters. The molecule has 1 heterocycles. The molecule has 0 spiro atoms. The van der Waals surface area contributed by atoms with Crippen molar-refractivity contribution in [2.45, 2.75) is 57.9 Å². The molecule has 1 unspecified atom stereocenters. The van der Waals surface area contributed by atoms with Gasteiger partial charge in [0.2, 0.25) is 0 Å². The Balaban J connectivity index is 1.83. The smallest absolute Gasteiger partial charge is 0.279 e. The summed E-state index contributed by atoms with van der Waals surface area (Å²) in [6, 6.07) is 0.165. The molecule has 6 heteroatoms. The maximum absolute atomic E-state index is 12.4. The molecule has 1 aliphatic carbocycles. The van der Waals surface area contributed by atoms with Crippen LogP contribution in [0.4, 0.5) is 0 Å². The van der Waals surface area contributed by atoms with E-state index in [0.29, 0.717) is 19.0 Å². The Labute approximate surface area is 123 Å². The van der Waals surface area contributed by atoms with Crippen molar-refractivity contribution in [1.82, 2.24) is 14.3 Å². The van der Waals surface area contributed by atoms with E-state index in [0.717, 1.165) is 58.0 Å². The van der Waals surface area contributed by atoms with Gasteiger partial charge in [-0.1, -0.05) is 19.8 Å². The van der Waals surface area contributed by atoms with E-state index < -0.39 is 10.2 Å². The summed E-state index contributed by atoms with van der Waals surface area (Å²) in [6.45, 7) is 5.44. The van der Waals surface area contributed by atoms with Crippen LogP contribution < -0.4 is 10.0 Å². The predicted molar refractivity (Wildman–Crippen MR) is 81.8 cm³/mol. The molecule has 0 bridgehead atoms. The van der Waals surface area contributed by atoms with Crippen LogP contribution in [0.1, 0.15) is 51.9 Å². The molecule has 2 fully saturated rings. The second-order valence-corrected chi connectivity index (χ2v) is 7.88. The van der Waals surface area contributed by atoms with E-state index >= 15 is 0 Å². The third-order valence-electron chi connectivity index (χ3n) is 4.35. The summed E-state index contributed by atoms with van der Waals surface area (Å²) in [5, 5.41) is 3.41. The van der Waals surface area contributed by atoms with Gasteiger partial charge in [0.05, 0.1) is 0 Å². The van der Waals surface area contributed by atoms with Crippen LogP contribution in [0.25, 0.3) is 0 Å². The first-order chi connectivity index (χ1) is 9.62. The number of piperidine rings is 1. The van der Waals surface area contributed by atoms with Crippen LogP contribution >= 0.6 is 0 Å². The van der Waals surface area contributed by atoms with Gasteiger partial charge in [0.25, 0.3) is 10.2 Å². The van der Waals surface area contributed by atoms with Gasteiger partial charge in [-0.25, -0.2) is 0 Å². The molecule has 2 N–H and O–H groups in total. The zero-order valence-corrected chi connectivity index (χ0v) is 13.4. The van der Waals surface area contributed by atoms with Crippen LogP contribution in [0.3, 0.4) is 0 Å². The minimum absolute atomic E-state index is 0.165. The fraction of sp³-hybridized carbons (Fsp3) is 1.00. The highest BCUT2D eigenvalue weighted by Gasteiger charge is 2.31. The molecule has 2 rings (SSSR count). The standard InChI is InChI=1S/C14H29N3O2S/c1-2-9-15-11-13-6-5-10-17(12-13)20(18,19)16-14-7-3-4-8-14/h13-16H,2-12H2,1H3. The van der Waals surface area contributed by atoms with E-state index in [9.17, 15) is 8.42 Å². The van der Waals surface area contributed by atoms with Gasteiger partial charge in [-0.3, -0.25) is 0 Å². The zero-order chi connectivity index (χ0) is 14.4. The summed E-state index contributed by atoms with van der Waals surface area (Å²) < 4.78 is 29.4. The fourth-order valence-electron chi connectivity index (χ4n) is 3.22. The summed E-state index contributed by atoms with van der Waals surface area (Å²) >= 11 is 0. The largest absolute Gasteiger partial charge is 0.316 e. The van der Waals surface area contributed by atoms with Crippen molar-refractivity contribution < 1.29 is 8.42 Å². The first-order valence-corrected chi connectivity index (χ1v) is 9.54. The van der Waals surface area contributed by atoms with Gasteiger partial charge in [-0.2, -0.15) is 17.4 Å². The van der Waals surface area contributed by atoms with Crippen LogP contribution in [0, 0.1) is 5.92 Å². The second-order valence-electron chi connectivity index (χ2n) is 6.17. The van der Waals surface area contributed by atoms with Crippen LogP contribution in [-0.4, -0.2) is 44.9 Å². The number of hydrogen-bond acceptors (Lipinski definition) is 3. The van der Waals surface area contributed by atoms with Crippen LogP contribution in [0.5, 0.6) is 0 Å². The summed E-state index contributed by atoms with van der Waals surface area (Å²) in [5.74, 6) is 0.454. The van der Waals surface area contributed by atoms with Crippen molar-refractivity contribution in [3.05, 3.63) is 0 Å². The number of rotatable bonds is 7. The van der Waals surface area contributed by atoms with Crippen molar-refractivity contribution in [3.8, 4) is 0 Å². The molecule has 1 saturated carbocycles. The van der Waals surface area contributed by atoms with Gasteiger partial charge >= 0.3 is 0 Å². The average Bonchev–Trinajstić information content (AvgIpc) is 2.92. The Hall–Kier alpha value is -0.170. The predicted octanol–water partition coefficient (Wildman–Crippen LogP) is 1.48. The van der Waals surface area contributed by atoms with E-state index in [1.807, 2.05) is 0 Å². The Morgan fingerprint density at radius 2 is 1.90 bits per heavy atom. The van der Waals surface area contributed by atoms with E-state index in [-0.39, 0.29) is 6.04 Å². The van der Waals surface area contributed by atoms with Crippen LogP contribution in [0.15, 0.2) is 0 Å². The third kappa shape index (κ3) is 4.69. The molecule has 2 aliphatic rings. The molecular weight excluding hydrogens is 274 g/mol. The quantitative estimate of drug-likeness (QED) is 0.700. The maximum Gasteiger partial charge on any atom is 0.279 e. The Morgan fingerprint density at radius 3 is 2.60 bits per heavy atom. The molecule has 0 amide bonds. The molecule has 20 heavy (non-hydrogen) atoms. The maximum atomic E-state index is 12.4. The number of nitrogens with zero attached hydrogens (tertiary/aromatic N) is 1. The Morgan fingerprint density at radius 1 is 1.15 bits per heavy atom. The van der Waals surface area contributed by atoms with Gasteiger partial charge in [0, 0.05) is 19.1 Å². The normalized spacial score (nSPS) is 26.1. The first kappa shape index (κ1) is 16.2. The minimum Gasteiger partial charge on any atom is -0.316 e. The molecule has 0 aromatic rings. The van der Waals surface area contributed by atoms with Gasteiger partial charge in [0.1, 0.15) is 0 Å². The van der Waals surface area contributed by atoms with E-state index in [1.165, 1.54) is 0 Å². The second kappa shape index (κ2) is 7.73. The lowest BCUT2D eigenvalue weighted by atomic mass is 10.00. The lowest BCUT2D eigenvalue weighted by molar-refractivity contribution is 0.256. The highest BCUT2D eigenvalue weighted by molar-refractivity contribution is 7.87. The summed E-state index contributed by atoms with van der Waals surface area (Å²) in [4.78, 5) is 0. The Bertz CT molecular complexity index is 380. The van der Waals surface area contributed by atoms with Crippen molar-refractivity contribution >= 4 is 10.2 Å². The third-order valence-corrected chi connectivity index (χ3v) is 5.99. The number of nitrogens with one attached hydrogen (secondary N) is 2. The molecule has 5 nitrogen and oxygen atoms in total. The average molecular weight is 303 g/mol. The minimum atomic E-state index is -3.27. The van der Waals surface area contributed by atoms with Crippen molar-refractivity contribution in [2.24, 2.45) is 5.92 Å². The molecule has 1 saturated heterocycles. The highest BCUT2D eigenvalue weighted by atomic mass is 32.2. The summed E-state index contributed by atoms with van der Waals surface area (Å²) in [7, 11) is -3.27. The molecule has 1 aliphatic heterocycles. The lowest BCUT2D eigenvalue weighted by Crippen LogP contribution is -2.49. The van der Waals surface area contributed by atoms with Crippen molar-refractivity contribution in [1.29, 1.82) is 0 Å². The number of hydrogen-bond donors (Lipinski definition) is 2. The SMILES string of the molecule is CCCNCC1CCCN(S(=O)(=O)NC2CCCC2)C1. The lowest BCUT2D eigenvalue weighted by Gasteiger charge is -2.32. The van der Waals surface area contributed by atoms with Gasteiger partial charge in [-0.05, 0) is 51.1 Å².